The number of carbonyl (C=O) groups is 1. The highest BCUT2D eigenvalue weighted by Gasteiger charge is 1.98. The van der Waals surface area contributed by atoms with E-state index >= 15 is 0 Å². The third kappa shape index (κ3) is 7.24. The van der Waals surface area contributed by atoms with Crippen molar-refractivity contribution in [2.24, 2.45) is 0 Å². The van der Waals surface area contributed by atoms with E-state index in [0.29, 0.717) is 0 Å². The first-order valence-electron chi connectivity index (χ1n) is 6.89. The van der Waals surface area contributed by atoms with E-state index < -0.39 is 5.97 Å². The first-order chi connectivity index (χ1) is 9.22. The summed E-state index contributed by atoms with van der Waals surface area (Å²) >= 11 is 0. The molecule has 0 fully saturated rings. The third-order valence-electron chi connectivity index (χ3n) is 2.92. The Morgan fingerprint density at radius 2 is 1.89 bits per heavy atom. The molecule has 0 bridgehead atoms. The third-order valence-corrected chi connectivity index (χ3v) is 2.92. The van der Waals surface area contributed by atoms with Gasteiger partial charge in [-0.05, 0) is 24.0 Å². The van der Waals surface area contributed by atoms with Crippen LogP contribution in [0.3, 0.4) is 0 Å². The average Bonchev–Trinajstić information content (AvgIpc) is 2.41. The van der Waals surface area contributed by atoms with Crippen molar-refractivity contribution in [2.75, 3.05) is 0 Å². The van der Waals surface area contributed by atoms with Gasteiger partial charge in [0.25, 0.3) is 0 Å². The zero-order valence-corrected chi connectivity index (χ0v) is 11.5. The fourth-order valence-corrected chi connectivity index (χ4v) is 1.89. The molecule has 0 aliphatic heterocycles. The summed E-state index contributed by atoms with van der Waals surface area (Å²) in [4.78, 5) is 10.8. The first kappa shape index (κ1) is 15.2. The summed E-state index contributed by atoms with van der Waals surface area (Å²) in [6, 6.07) is 9.93. The molecule has 0 heterocycles. The lowest BCUT2D eigenvalue weighted by Crippen LogP contribution is -1.91. The van der Waals surface area contributed by atoms with E-state index in [-0.39, 0.29) is 0 Å². The molecule has 2 heteroatoms. The Kier molecular flexibility index (Phi) is 7.33. The number of unbranched alkanes of at least 4 members (excludes halogenated alkanes) is 3. The summed E-state index contributed by atoms with van der Waals surface area (Å²) in [6.07, 6.45) is 10.6. The Balaban J connectivity index is 2.60. The highest BCUT2D eigenvalue weighted by Crippen LogP contribution is 2.13. The number of benzene rings is 1. The van der Waals surface area contributed by atoms with Gasteiger partial charge in [0, 0.05) is 6.08 Å². The fraction of sp³-hybridized carbons (Fsp3) is 0.353. The zero-order valence-electron chi connectivity index (χ0n) is 11.5. The second-order valence-electron chi connectivity index (χ2n) is 4.61. The van der Waals surface area contributed by atoms with Crippen molar-refractivity contribution < 1.29 is 9.90 Å². The van der Waals surface area contributed by atoms with Crippen LogP contribution in [-0.4, -0.2) is 11.1 Å². The predicted molar refractivity (Wildman–Crippen MR) is 80.0 cm³/mol. The Hall–Kier alpha value is -1.83. The van der Waals surface area contributed by atoms with Crippen LogP contribution >= 0.6 is 0 Å². The largest absolute Gasteiger partial charge is 0.478 e. The fourth-order valence-electron chi connectivity index (χ4n) is 1.89. The Labute approximate surface area is 115 Å². The summed E-state index contributed by atoms with van der Waals surface area (Å²) in [5.41, 5.74) is 1.97. The van der Waals surface area contributed by atoms with Crippen LogP contribution in [0.1, 0.15) is 44.6 Å². The monoisotopic (exact) mass is 258 g/mol. The maximum atomic E-state index is 10.8. The summed E-state index contributed by atoms with van der Waals surface area (Å²) in [5, 5.41) is 8.87. The van der Waals surface area contributed by atoms with E-state index in [1.54, 1.807) is 0 Å². The molecule has 0 radical (unpaired) electrons. The van der Waals surface area contributed by atoms with Gasteiger partial charge >= 0.3 is 5.97 Å². The quantitative estimate of drug-likeness (QED) is 0.417. The van der Waals surface area contributed by atoms with Gasteiger partial charge in [-0.2, -0.15) is 0 Å². The van der Waals surface area contributed by atoms with Crippen molar-refractivity contribution in [3.8, 4) is 0 Å². The second kappa shape index (κ2) is 9.15. The Morgan fingerprint density at radius 1 is 1.16 bits per heavy atom. The van der Waals surface area contributed by atoms with E-state index in [9.17, 15) is 4.79 Å². The van der Waals surface area contributed by atoms with Gasteiger partial charge in [-0.25, -0.2) is 4.79 Å². The minimum atomic E-state index is -0.872. The summed E-state index contributed by atoms with van der Waals surface area (Å²) in [5.74, 6) is -0.872. The van der Waals surface area contributed by atoms with Gasteiger partial charge in [0.2, 0.25) is 0 Å². The van der Waals surface area contributed by atoms with E-state index in [1.807, 2.05) is 42.5 Å². The van der Waals surface area contributed by atoms with E-state index in [2.05, 4.69) is 6.92 Å². The highest BCUT2D eigenvalue weighted by molar-refractivity contribution is 5.81. The number of hydrogen-bond donors (Lipinski definition) is 1. The van der Waals surface area contributed by atoms with Gasteiger partial charge < -0.3 is 5.11 Å². The number of aliphatic carboxylic acids is 1. The van der Waals surface area contributed by atoms with E-state index in [4.69, 9.17) is 5.11 Å². The molecule has 0 saturated heterocycles. The maximum absolute atomic E-state index is 10.8. The molecule has 0 unspecified atom stereocenters. The molecule has 0 spiro atoms. The first-order valence-corrected chi connectivity index (χ1v) is 6.89. The minimum absolute atomic E-state index is 0.829. The van der Waals surface area contributed by atoms with Crippen LogP contribution in [0.4, 0.5) is 0 Å². The van der Waals surface area contributed by atoms with E-state index in [1.165, 1.54) is 18.9 Å². The van der Waals surface area contributed by atoms with Crippen molar-refractivity contribution in [1.82, 2.24) is 0 Å². The molecule has 2 nitrogen and oxygen atoms in total. The zero-order chi connectivity index (χ0) is 13.9. The van der Waals surface area contributed by atoms with Gasteiger partial charge in [-0.3, -0.25) is 0 Å². The lowest BCUT2D eigenvalue weighted by molar-refractivity contribution is -0.131. The van der Waals surface area contributed by atoms with Crippen LogP contribution in [0.2, 0.25) is 0 Å². The van der Waals surface area contributed by atoms with Gasteiger partial charge in [0.15, 0.2) is 0 Å². The maximum Gasteiger partial charge on any atom is 0.328 e. The molecule has 0 amide bonds. The van der Waals surface area contributed by atoms with Crippen LogP contribution in [0.5, 0.6) is 0 Å². The van der Waals surface area contributed by atoms with Crippen molar-refractivity contribution in [2.45, 2.75) is 39.0 Å². The molecule has 1 aromatic carbocycles. The van der Waals surface area contributed by atoms with Crippen LogP contribution < -0.4 is 0 Å². The van der Waals surface area contributed by atoms with Crippen molar-refractivity contribution in [3.05, 3.63) is 53.6 Å². The molecular weight excluding hydrogens is 236 g/mol. The van der Waals surface area contributed by atoms with Gasteiger partial charge in [0.05, 0.1) is 0 Å². The number of carboxylic acids is 1. The average molecular weight is 258 g/mol. The van der Waals surface area contributed by atoms with Crippen LogP contribution in [0, 0.1) is 0 Å². The topological polar surface area (TPSA) is 37.3 Å². The molecule has 102 valence electrons. The summed E-state index contributed by atoms with van der Waals surface area (Å²) < 4.78 is 0. The van der Waals surface area contributed by atoms with Gasteiger partial charge in [-0.1, -0.05) is 68.7 Å². The summed E-state index contributed by atoms with van der Waals surface area (Å²) in [6.45, 7) is 2.17. The predicted octanol–water partition coefficient (Wildman–Crippen LogP) is 4.68. The highest BCUT2D eigenvalue weighted by atomic mass is 16.4. The van der Waals surface area contributed by atoms with Crippen LogP contribution in [-0.2, 0) is 4.79 Å². The number of hydrogen-bond acceptors (Lipinski definition) is 1. The van der Waals surface area contributed by atoms with Gasteiger partial charge in [-0.15, -0.1) is 0 Å². The van der Waals surface area contributed by atoms with Crippen LogP contribution in [0.25, 0.3) is 6.08 Å². The minimum Gasteiger partial charge on any atom is -0.478 e. The standard InChI is InChI=1S/C17H22O2/c1-2-3-4-6-11-16(14-17(18)19)13-12-15-9-7-5-8-10-15/h5,7-10,12-14H,2-4,6,11H2,1H3,(H,18,19)/b13-12+,16-14+. The molecular formula is C17H22O2. The molecule has 0 aromatic heterocycles. The molecule has 1 aromatic rings. The van der Waals surface area contributed by atoms with Crippen LogP contribution in [0.15, 0.2) is 48.1 Å². The van der Waals surface area contributed by atoms with E-state index in [0.717, 1.165) is 30.4 Å². The number of carboxylic acid groups (broad SMARTS) is 1. The SMILES string of the molecule is CCCCCCC(/C=C/c1ccccc1)=C\C(=O)O. The number of allylic oxidation sites excluding steroid dienone is 2. The molecule has 0 saturated carbocycles. The lowest BCUT2D eigenvalue weighted by Gasteiger charge is -2.01. The molecule has 0 aliphatic rings. The lowest BCUT2D eigenvalue weighted by atomic mass is 10.0. The van der Waals surface area contributed by atoms with Gasteiger partial charge in [0.1, 0.15) is 0 Å². The van der Waals surface area contributed by atoms with Crippen molar-refractivity contribution >= 4 is 12.0 Å². The second-order valence-corrected chi connectivity index (χ2v) is 4.61. The molecule has 1 N–H and O–H groups in total. The Morgan fingerprint density at radius 3 is 2.53 bits per heavy atom. The summed E-state index contributed by atoms with van der Waals surface area (Å²) in [7, 11) is 0. The van der Waals surface area contributed by atoms with Crippen molar-refractivity contribution in [3.63, 3.8) is 0 Å². The number of rotatable bonds is 8. The molecule has 1 rings (SSSR count). The Bertz CT molecular complexity index is 430. The molecule has 0 atom stereocenters. The molecule has 0 aliphatic carbocycles. The normalized spacial score (nSPS) is 11.9. The molecule has 19 heavy (non-hydrogen) atoms. The smallest absolute Gasteiger partial charge is 0.328 e. The van der Waals surface area contributed by atoms with Crippen molar-refractivity contribution in [1.29, 1.82) is 0 Å².